The maximum absolute atomic E-state index is 12.5. The van der Waals surface area contributed by atoms with Crippen LogP contribution in [0.5, 0.6) is 0 Å². The molecule has 0 radical (unpaired) electrons. The lowest BCUT2D eigenvalue weighted by molar-refractivity contribution is 0.234. The first kappa shape index (κ1) is 6.02. The monoisotopic (exact) mass is 117 g/mol. The van der Waals surface area contributed by atoms with E-state index in [9.17, 15) is 4.39 Å². The Labute approximate surface area is 49.3 Å². The van der Waals surface area contributed by atoms with Crippen molar-refractivity contribution in [2.45, 2.75) is 26.1 Å². The van der Waals surface area contributed by atoms with Gasteiger partial charge in [-0.05, 0) is 19.4 Å². The fourth-order valence-corrected chi connectivity index (χ4v) is 1.13. The van der Waals surface area contributed by atoms with Crippen molar-refractivity contribution in [2.75, 3.05) is 6.54 Å². The van der Waals surface area contributed by atoms with Crippen LogP contribution < -0.4 is 5.32 Å². The molecular weight excluding hydrogens is 105 g/mol. The Balaban J connectivity index is 2.30. The van der Waals surface area contributed by atoms with E-state index in [1.54, 1.807) is 0 Å². The van der Waals surface area contributed by atoms with Gasteiger partial charge in [-0.2, -0.15) is 0 Å². The van der Waals surface area contributed by atoms with E-state index in [1.165, 1.54) is 0 Å². The Kier molecular flexibility index (Phi) is 1.84. The average molecular weight is 117 g/mol. The first-order valence-corrected chi connectivity index (χ1v) is 3.22. The SMILES string of the molecule is CCC1CCNC1F. The molecule has 0 aromatic heterocycles. The number of nitrogens with one attached hydrogen (secondary N) is 1. The van der Waals surface area contributed by atoms with Gasteiger partial charge in [0, 0.05) is 5.92 Å². The summed E-state index contributed by atoms with van der Waals surface area (Å²) in [5, 5.41) is 2.75. The lowest BCUT2D eigenvalue weighted by Gasteiger charge is -2.06. The molecule has 1 aliphatic heterocycles. The topological polar surface area (TPSA) is 12.0 Å². The average Bonchev–Trinajstić information content (AvgIpc) is 2.14. The summed E-state index contributed by atoms with van der Waals surface area (Å²) in [4.78, 5) is 0. The van der Waals surface area contributed by atoms with E-state index < -0.39 is 6.30 Å². The second kappa shape index (κ2) is 2.44. The molecule has 1 N–H and O–H groups in total. The zero-order chi connectivity index (χ0) is 5.98. The molecule has 0 aromatic carbocycles. The van der Waals surface area contributed by atoms with Crippen molar-refractivity contribution in [3.63, 3.8) is 0 Å². The summed E-state index contributed by atoms with van der Waals surface area (Å²) < 4.78 is 12.5. The van der Waals surface area contributed by atoms with E-state index in [0.717, 1.165) is 19.4 Å². The van der Waals surface area contributed by atoms with Gasteiger partial charge in [0.2, 0.25) is 0 Å². The molecule has 0 aliphatic carbocycles. The van der Waals surface area contributed by atoms with E-state index in [4.69, 9.17) is 0 Å². The van der Waals surface area contributed by atoms with Gasteiger partial charge in [0.25, 0.3) is 0 Å². The van der Waals surface area contributed by atoms with Crippen molar-refractivity contribution in [1.82, 2.24) is 5.32 Å². The summed E-state index contributed by atoms with van der Waals surface area (Å²) in [6.07, 6.45) is 1.26. The van der Waals surface area contributed by atoms with Crippen LogP contribution in [0.4, 0.5) is 4.39 Å². The fraction of sp³-hybridized carbons (Fsp3) is 1.00. The molecule has 1 rings (SSSR count). The Morgan fingerprint density at radius 1 is 1.75 bits per heavy atom. The molecule has 0 aromatic rings. The third kappa shape index (κ3) is 0.996. The van der Waals surface area contributed by atoms with E-state index in [2.05, 4.69) is 5.32 Å². The standard InChI is InChI=1S/C6H12FN/c1-2-5-3-4-8-6(5)7/h5-6,8H,2-4H2,1H3. The molecule has 2 unspecified atom stereocenters. The summed E-state index contributed by atoms with van der Waals surface area (Å²) in [7, 11) is 0. The van der Waals surface area contributed by atoms with E-state index in [1.807, 2.05) is 6.92 Å². The lowest BCUT2D eigenvalue weighted by atomic mass is 10.1. The fourth-order valence-electron chi connectivity index (χ4n) is 1.13. The minimum Gasteiger partial charge on any atom is -0.288 e. The number of halogens is 1. The quantitative estimate of drug-likeness (QED) is 0.510. The van der Waals surface area contributed by atoms with Crippen LogP contribution >= 0.6 is 0 Å². The second-order valence-electron chi connectivity index (χ2n) is 2.31. The zero-order valence-corrected chi connectivity index (χ0v) is 5.15. The summed E-state index contributed by atoms with van der Waals surface area (Å²) >= 11 is 0. The minimum atomic E-state index is -0.722. The Morgan fingerprint density at radius 2 is 2.50 bits per heavy atom. The van der Waals surface area contributed by atoms with Crippen molar-refractivity contribution in [3.8, 4) is 0 Å². The molecular formula is C6H12FN. The second-order valence-corrected chi connectivity index (χ2v) is 2.31. The van der Waals surface area contributed by atoms with Crippen LogP contribution in [-0.2, 0) is 0 Å². The van der Waals surface area contributed by atoms with Crippen molar-refractivity contribution < 1.29 is 4.39 Å². The van der Waals surface area contributed by atoms with Crippen molar-refractivity contribution in [1.29, 1.82) is 0 Å². The molecule has 0 amide bonds. The highest BCUT2D eigenvalue weighted by Crippen LogP contribution is 2.18. The van der Waals surface area contributed by atoms with Gasteiger partial charge in [-0.3, -0.25) is 5.32 Å². The van der Waals surface area contributed by atoms with Crippen LogP contribution in [0.3, 0.4) is 0 Å². The molecule has 1 fully saturated rings. The normalized spacial score (nSPS) is 38.2. The molecule has 0 bridgehead atoms. The maximum Gasteiger partial charge on any atom is 0.154 e. The van der Waals surface area contributed by atoms with Gasteiger partial charge in [0.05, 0.1) is 0 Å². The highest BCUT2D eigenvalue weighted by Gasteiger charge is 2.23. The van der Waals surface area contributed by atoms with Crippen LogP contribution in [0.1, 0.15) is 19.8 Å². The van der Waals surface area contributed by atoms with Gasteiger partial charge in [-0.1, -0.05) is 6.92 Å². The number of hydrogen-bond acceptors (Lipinski definition) is 1. The minimum absolute atomic E-state index is 0.287. The molecule has 0 spiro atoms. The molecule has 1 aliphatic rings. The van der Waals surface area contributed by atoms with Crippen LogP contribution in [0, 0.1) is 5.92 Å². The van der Waals surface area contributed by atoms with E-state index in [-0.39, 0.29) is 5.92 Å². The van der Waals surface area contributed by atoms with Gasteiger partial charge >= 0.3 is 0 Å². The number of alkyl halides is 1. The maximum atomic E-state index is 12.5. The Morgan fingerprint density at radius 3 is 2.75 bits per heavy atom. The third-order valence-corrected chi connectivity index (χ3v) is 1.79. The smallest absolute Gasteiger partial charge is 0.154 e. The van der Waals surface area contributed by atoms with Crippen LogP contribution in [0.2, 0.25) is 0 Å². The molecule has 0 saturated carbocycles. The number of rotatable bonds is 1. The van der Waals surface area contributed by atoms with Crippen molar-refractivity contribution in [2.24, 2.45) is 5.92 Å². The van der Waals surface area contributed by atoms with Gasteiger partial charge in [-0.25, -0.2) is 4.39 Å². The predicted molar refractivity (Wildman–Crippen MR) is 31.3 cm³/mol. The lowest BCUT2D eigenvalue weighted by Crippen LogP contribution is -2.20. The number of hydrogen-bond donors (Lipinski definition) is 1. The third-order valence-electron chi connectivity index (χ3n) is 1.79. The summed E-state index contributed by atoms with van der Waals surface area (Å²) in [6, 6.07) is 0. The van der Waals surface area contributed by atoms with Crippen LogP contribution in [-0.4, -0.2) is 12.8 Å². The molecule has 1 nitrogen and oxygen atoms in total. The zero-order valence-electron chi connectivity index (χ0n) is 5.15. The first-order chi connectivity index (χ1) is 3.84. The van der Waals surface area contributed by atoms with Crippen molar-refractivity contribution >= 4 is 0 Å². The summed E-state index contributed by atoms with van der Waals surface area (Å²) in [6.45, 7) is 2.89. The molecule has 8 heavy (non-hydrogen) atoms. The highest BCUT2D eigenvalue weighted by atomic mass is 19.1. The van der Waals surface area contributed by atoms with E-state index >= 15 is 0 Å². The van der Waals surface area contributed by atoms with Gasteiger partial charge in [0.1, 0.15) is 0 Å². The highest BCUT2D eigenvalue weighted by molar-refractivity contribution is 4.73. The predicted octanol–water partition coefficient (Wildman–Crippen LogP) is 1.30. The van der Waals surface area contributed by atoms with Crippen LogP contribution in [0.15, 0.2) is 0 Å². The van der Waals surface area contributed by atoms with Gasteiger partial charge in [0.15, 0.2) is 6.30 Å². The molecule has 2 atom stereocenters. The van der Waals surface area contributed by atoms with Crippen LogP contribution in [0.25, 0.3) is 0 Å². The largest absolute Gasteiger partial charge is 0.288 e. The molecule has 48 valence electrons. The van der Waals surface area contributed by atoms with Crippen molar-refractivity contribution in [3.05, 3.63) is 0 Å². The van der Waals surface area contributed by atoms with Gasteiger partial charge < -0.3 is 0 Å². The molecule has 1 saturated heterocycles. The first-order valence-electron chi connectivity index (χ1n) is 3.22. The Bertz CT molecular complexity index is 74.9. The van der Waals surface area contributed by atoms with Gasteiger partial charge in [-0.15, -0.1) is 0 Å². The summed E-state index contributed by atoms with van der Waals surface area (Å²) in [5.74, 6) is 0.287. The molecule has 2 heteroatoms. The molecule has 1 heterocycles. The van der Waals surface area contributed by atoms with E-state index in [0.29, 0.717) is 0 Å². The summed E-state index contributed by atoms with van der Waals surface area (Å²) in [5.41, 5.74) is 0. The Hall–Kier alpha value is -0.110.